The number of halogens is 3. The maximum Gasteiger partial charge on any atom is 0.0928 e. The zero-order chi connectivity index (χ0) is 15.7. The average Bonchev–Trinajstić information content (AvgIpc) is 2.41. The largest absolute Gasteiger partial charge is 0.384 e. The Morgan fingerprint density at radius 3 is 2.43 bits per heavy atom. The van der Waals surface area contributed by atoms with Gasteiger partial charge in [0.05, 0.1) is 26.3 Å². The number of hydrogen-bond donors (Lipinski definition) is 1. The molecule has 21 heavy (non-hydrogen) atoms. The number of anilines is 1. The lowest BCUT2D eigenvalue weighted by molar-refractivity contribution is 0.845. The monoisotopic (exact) mass is 344 g/mol. The van der Waals surface area contributed by atoms with Crippen molar-refractivity contribution in [2.75, 3.05) is 11.9 Å². The first-order chi connectivity index (χ1) is 9.88. The van der Waals surface area contributed by atoms with Gasteiger partial charge >= 0.3 is 0 Å². The first-order valence-electron chi connectivity index (χ1n) is 7.10. The summed E-state index contributed by atoms with van der Waals surface area (Å²) in [5.41, 5.74) is 3.84. The Bertz CT molecular complexity index is 681. The maximum absolute atomic E-state index is 6.44. The van der Waals surface area contributed by atoms with Crippen LogP contribution in [0.2, 0.25) is 15.1 Å². The molecule has 0 bridgehead atoms. The standard InChI is InChI=1S/C16H19Cl3N2/c1-5-6-20-16-12(8(2)3)9(4)21-15-11(18)7-10(17)14(19)13(15)16/h7-8H,5-6H2,1-4H3,(H,20,21). The highest BCUT2D eigenvalue weighted by Gasteiger charge is 2.20. The van der Waals surface area contributed by atoms with Gasteiger partial charge in [0.1, 0.15) is 0 Å². The Hall–Kier alpha value is -0.700. The smallest absolute Gasteiger partial charge is 0.0928 e. The number of benzene rings is 1. The van der Waals surface area contributed by atoms with Crippen molar-refractivity contribution in [2.45, 2.75) is 40.0 Å². The van der Waals surface area contributed by atoms with Crippen LogP contribution in [0.1, 0.15) is 44.4 Å². The molecule has 0 amide bonds. The Balaban J connectivity index is 2.91. The molecule has 1 heterocycles. The highest BCUT2D eigenvalue weighted by atomic mass is 35.5. The van der Waals surface area contributed by atoms with Gasteiger partial charge in [0.2, 0.25) is 0 Å². The van der Waals surface area contributed by atoms with Crippen LogP contribution in [0.5, 0.6) is 0 Å². The summed E-state index contributed by atoms with van der Waals surface area (Å²) in [5.74, 6) is 0.329. The third-order valence-electron chi connectivity index (χ3n) is 3.46. The summed E-state index contributed by atoms with van der Waals surface area (Å²) in [6.45, 7) is 9.28. The third kappa shape index (κ3) is 3.08. The van der Waals surface area contributed by atoms with Crippen molar-refractivity contribution in [3.63, 3.8) is 0 Å². The maximum atomic E-state index is 6.44. The number of fused-ring (bicyclic) bond motifs is 1. The van der Waals surface area contributed by atoms with Crippen molar-refractivity contribution in [3.8, 4) is 0 Å². The van der Waals surface area contributed by atoms with Crippen LogP contribution in [0.15, 0.2) is 6.07 Å². The van der Waals surface area contributed by atoms with Crippen LogP contribution in [-0.2, 0) is 0 Å². The Morgan fingerprint density at radius 1 is 1.19 bits per heavy atom. The minimum Gasteiger partial charge on any atom is -0.384 e. The fourth-order valence-corrected chi connectivity index (χ4v) is 3.35. The van der Waals surface area contributed by atoms with Gasteiger partial charge in [0.15, 0.2) is 0 Å². The molecular formula is C16H19Cl3N2. The van der Waals surface area contributed by atoms with Crippen molar-refractivity contribution in [3.05, 3.63) is 32.4 Å². The highest BCUT2D eigenvalue weighted by molar-refractivity contribution is 6.48. The predicted molar refractivity (Wildman–Crippen MR) is 94.4 cm³/mol. The molecule has 2 rings (SSSR count). The molecule has 0 aliphatic rings. The quantitative estimate of drug-likeness (QED) is 0.644. The summed E-state index contributed by atoms with van der Waals surface area (Å²) < 4.78 is 0. The second-order valence-corrected chi connectivity index (χ2v) is 6.64. The molecule has 1 N–H and O–H groups in total. The van der Waals surface area contributed by atoms with E-state index >= 15 is 0 Å². The van der Waals surface area contributed by atoms with Crippen molar-refractivity contribution in [2.24, 2.45) is 0 Å². The molecule has 0 radical (unpaired) electrons. The van der Waals surface area contributed by atoms with Crippen molar-refractivity contribution in [1.82, 2.24) is 4.98 Å². The van der Waals surface area contributed by atoms with Crippen LogP contribution in [0.25, 0.3) is 10.9 Å². The number of rotatable bonds is 4. The second-order valence-electron chi connectivity index (χ2n) is 5.45. The van der Waals surface area contributed by atoms with E-state index in [2.05, 4.69) is 31.1 Å². The van der Waals surface area contributed by atoms with Crippen LogP contribution >= 0.6 is 34.8 Å². The van der Waals surface area contributed by atoms with Crippen molar-refractivity contribution < 1.29 is 0 Å². The molecule has 0 saturated heterocycles. The number of hydrogen-bond acceptors (Lipinski definition) is 2. The minimum atomic E-state index is 0.329. The molecule has 2 aromatic rings. The second kappa shape index (κ2) is 6.60. The number of nitrogens with zero attached hydrogens (tertiary/aromatic N) is 1. The van der Waals surface area contributed by atoms with Gasteiger partial charge in [-0.1, -0.05) is 55.6 Å². The number of pyridine rings is 1. The van der Waals surface area contributed by atoms with Crippen LogP contribution in [-0.4, -0.2) is 11.5 Å². The van der Waals surface area contributed by atoms with Gasteiger partial charge in [-0.25, -0.2) is 0 Å². The zero-order valence-corrected chi connectivity index (χ0v) is 14.9. The third-order valence-corrected chi connectivity index (χ3v) is 4.54. The number of aromatic nitrogens is 1. The van der Waals surface area contributed by atoms with Gasteiger partial charge in [0, 0.05) is 17.6 Å². The summed E-state index contributed by atoms with van der Waals surface area (Å²) in [7, 11) is 0. The fraction of sp³-hybridized carbons (Fsp3) is 0.438. The van der Waals surface area contributed by atoms with Gasteiger partial charge in [0.25, 0.3) is 0 Å². The van der Waals surface area contributed by atoms with Gasteiger partial charge < -0.3 is 5.32 Å². The van der Waals surface area contributed by atoms with E-state index in [-0.39, 0.29) is 0 Å². The minimum absolute atomic E-state index is 0.329. The summed E-state index contributed by atoms with van der Waals surface area (Å²) in [5, 5.41) is 5.78. The first kappa shape index (κ1) is 16.7. The predicted octanol–water partition coefficient (Wildman–Crippen LogP) is 6.45. The fourth-order valence-electron chi connectivity index (χ4n) is 2.61. The summed E-state index contributed by atoms with van der Waals surface area (Å²) >= 11 is 19.0. The lowest BCUT2D eigenvalue weighted by Gasteiger charge is -2.20. The average molecular weight is 346 g/mol. The molecule has 114 valence electrons. The SMILES string of the molecule is CCCNc1c(C(C)C)c(C)nc2c(Cl)cc(Cl)c(Cl)c12. The normalized spacial score (nSPS) is 11.4. The molecule has 5 heteroatoms. The molecule has 0 atom stereocenters. The van der Waals surface area contributed by atoms with E-state index in [4.69, 9.17) is 34.8 Å². The summed E-state index contributed by atoms with van der Waals surface area (Å²) in [6, 6.07) is 1.65. The lowest BCUT2D eigenvalue weighted by atomic mass is 9.96. The van der Waals surface area contributed by atoms with Gasteiger partial charge in [-0.05, 0) is 30.9 Å². The van der Waals surface area contributed by atoms with Crippen LogP contribution in [0.3, 0.4) is 0 Å². The molecule has 0 unspecified atom stereocenters. The van der Waals surface area contributed by atoms with Crippen LogP contribution in [0.4, 0.5) is 5.69 Å². The zero-order valence-electron chi connectivity index (χ0n) is 12.7. The molecular weight excluding hydrogens is 327 g/mol. The van der Waals surface area contributed by atoms with Crippen LogP contribution in [0, 0.1) is 6.92 Å². The molecule has 0 aliphatic carbocycles. The van der Waals surface area contributed by atoms with Gasteiger partial charge in [-0.3, -0.25) is 4.98 Å². The molecule has 0 saturated carbocycles. The Labute approximate surface area is 140 Å². The number of nitrogens with one attached hydrogen (secondary N) is 1. The Kier molecular flexibility index (Phi) is 5.24. The van der Waals surface area contributed by atoms with Crippen molar-refractivity contribution >= 4 is 51.4 Å². The van der Waals surface area contributed by atoms with Crippen LogP contribution < -0.4 is 5.32 Å². The van der Waals surface area contributed by atoms with E-state index in [9.17, 15) is 0 Å². The summed E-state index contributed by atoms with van der Waals surface area (Å²) in [6.07, 6.45) is 1.02. The van der Waals surface area contributed by atoms with E-state index in [1.54, 1.807) is 6.07 Å². The topological polar surface area (TPSA) is 24.9 Å². The van der Waals surface area contributed by atoms with E-state index < -0.39 is 0 Å². The first-order valence-corrected chi connectivity index (χ1v) is 8.23. The van der Waals surface area contributed by atoms with Crippen molar-refractivity contribution in [1.29, 1.82) is 0 Å². The molecule has 0 spiro atoms. The van der Waals surface area contributed by atoms with E-state index in [0.29, 0.717) is 26.5 Å². The molecule has 0 fully saturated rings. The van der Waals surface area contributed by atoms with E-state index in [1.807, 2.05) is 6.92 Å². The molecule has 1 aromatic heterocycles. The van der Waals surface area contributed by atoms with Gasteiger partial charge in [-0.15, -0.1) is 0 Å². The molecule has 1 aromatic carbocycles. The van der Waals surface area contributed by atoms with E-state index in [0.717, 1.165) is 35.3 Å². The highest BCUT2D eigenvalue weighted by Crippen LogP contribution is 2.42. The Morgan fingerprint density at radius 2 is 1.86 bits per heavy atom. The molecule has 2 nitrogen and oxygen atoms in total. The number of aryl methyl sites for hydroxylation is 1. The lowest BCUT2D eigenvalue weighted by Crippen LogP contribution is -2.08. The van der Waals surface area contributed by atoms with E-state index in [1.165, 1.54) is 0 Å². The molecule has 0 aliphatic heterocycles. The summed E-state index contributed by atoms with van der Waals surface area (Å²) in [4.78, 5) is 4.65. The van der Waals surface area contributed by atoms with Gasteiger partial charge in [-0.2, -0.15) is 0 Å².